The maximum absolute atomic E-state index is 13.2. The van der Waals surface area contributed by atoms with Crippen molar-refractivity contribution in [3.8, 4) is 0 Å². The van der Waals surface area contributed by atoms with Crippen LogP contribution in [0.5, 0.6) is 0 Å². The summed E-state index contributed by atoms with van der Waals surface area (Å²) in [7, 11) is 0. The Morgan fingerprint density at radius 2 is 1.66 bits per heavy atom. The summed E-state index contributed by atoms with van der Waals surface area (Å²) in [4.78, 5) is 47.5. The Kier molecular flexibility index (Phi) is 5.53. The number of carbonyl (C=O) groups excluding carboxylic acids is 2. The van der Waals surface area contributed by atoms with Crippen LogP contribution < -0.4 is 0 Å². The van der Waals surface area contributed by atoms with Crippen LogP contribution in [-0.2, 0) is 22.5 Å². The molecule has 0 saturated carbocycles. The minimum absolute atomic E-state index is 0.0784. The van der Waals surface area contributed by atoms with Crippen molar-refractivity contribution in [2.24, 2.45) is 0 Å². The first kappa shape index (κ1) is 19.9. The van der Waals surface area contributed by atoms with Gasteiger partial charge in [0.2, 0.25) is 0 Å². The topological polar surface area (TPSA) is 133 Å². The van der Waals surface area contributed by atoms with E-state index in [2.05, 4.69) is 0 Å². The number of benzene rings is 2. The highest BCUT2D eigenvalue weighted by molar-refractivity contribution is 5.98. The molecule has 1 unspecified atom stereocenters. The Balaban J connectivity index is 2.04. The highest BCUT2D eigenvalue weighted by Crippen LogP contribution is 2.28. The van der Waals surface area contributed by atoms with Gasteiger partial charge in [-0.25, -0.2) is 4.79 Å². The van der Waals surface area contributed by atoms with E-state index in [0.29, 0.717) is 0 Å². The monoisotopic (exact) mass is 399 g/mol. The molecule has 2 aromatic rings. The van der Waals surface area contributed by atoms with Crippen LogP contribution in [0.2, 0.25) is 0 Å². The summed E-state index contributed by atoms with van der Waals surface area (Å²) in [5.41, 5.74) is 0.320. The molecule has 1 heterocycles. The zero-order valence-electron chi connectivity index (χ0n) is 15.4. The number of hydrogen-bond acceptors (Lipinski definition) is 7. The Bertz CT molecular complexity index is 973. The van der Waals surface area contributed by atoms with E-state index < -0.39 is 39.1 Å². The minimum Gasteiger partial charge on any atom is -0.464 e. The van der Waals surface area contributed by atoms with Crippen molar-refractivity contribution in [1.82, 2.24) is 4.90 Å². The number of amides is 1. The van der Waals surface area contributed by atoms with Crippen LogP contribution in [0.25, 0.3) is 0 Å². The second-order valence-electron chi connectivity index (χ2n) is 6.43. The van der Waals surface area contributed by atoms with Crippen molar-refractivity contribution in [2.75, 3.05) is 6.61 Å². The predicted molar refractivity (Wildman–Crippen MR) is 100 cm³/mol. The Morgan fingerprint density at radius 1 is 1.07 bits per heavy atom. The highest BCUT2D eigenvalue weighted by atomic mass is 16.6. The summed E-state index contributed by atoms with van der Waals surface area (Å²) in [6.45, 7) is 1.85. The smallest absolute Gasteiger partial charge is 0.329 e. The van der Waals surface area contributed by atoms with Crippen molar-refractivity contribution in [3.05, 3.63) is 79.4 Å². The molecule has 0 bridgehead atoms. The van der Waals surface area contributed by atoms with Gasteiger partial charge in [-0.1, -0.05) is 24.3 Å². The van der Waals surface area contributed by atoms with E-state index in [1.54, 1.807) is 13.0 Å². The van der Waals surface area contributed by atoms with E-state index in [0.717, 1.165) is 29.3 Å². The van der Waals surface area contributed by atoms with E-state index in [9.17, 15) is 29.8 Å². The molecule has 10 heteroatoms. The first-order valence-corrected chi connectivity index (χ1v) is 8.80. The van der Waals surface area contributed by atoms with E-state index in [1.165, 1.54) is 4.90 Å². The Morgan fingerprint density at radius 3 is 2.21 bits per heavy atom. The molecule has 1 atom stereocenters. The summed E-state index contributed by atoms with van der Waals surface area (Å²) in [6.07, 6.45) is 0.220. The number of esters is 1. The van der Waals surface area contributed by atoms with Crippen LogP contribution in [0.15, 0.2) is 42.5 Å². The van der Waals surface area contributed by atoms with E-state index in [4.69, 9.17) is 4.74 Å². The second kappa shape index (κ2) is 8.05. The maximum atomic E-state index is 13.2. The normalized spacial score (nSPS) is 15.3. The molecule has 0 saturated heterocycles. The number of carbonyl (C=O) groups is 2. The van der Waals surface area contributed by atoms with Gasteiger partial charge in [0, 0.05) is 25.1 Å². The predicted octanol–water partition coefficient (Wildman–Crippen LogP) is 2.63. The average molecular weight is 399 g/mol. The van der Waals surface area contributed by atoms with Gasteiger partial charge < -0.3 is 9.64 Å². The van der Waals surface area contributed by atoms with Crippen molar-refractivity contribution in [3.63, 3.8) is 0 Å². The molecule has 3 rings (SSSR count). The molecule has 0 fully saturated rings. The Labute approximate surface area is 165 Å². The molecule has 29 heavy (non-hydrogen) atoms. The van der Waals surface area contributed by atoms with Crippen LogP contribution in [0.3, 0.4) is 0 Å². The maximum Gasteiger partial charge on any atom is 0.329 e. The molecule has 0 aromatic heterocycles. The average Bonchev–Trinajstić information content (AvgIpc) is 2.72. The van der Waals surface area contributed by atoms with Crippen LogP contribution in [0.1, 0.15) is 28.4 Å². The first-order valence-electron chi connectivity index (χ1n) is 8.80. The summed E-state index contributed by atoms with van der Waals surface area (Å²) < 4.78 is 5.09. The lowest BCUT2D eigenvalue weighted by Gasteiger charge is -2.35. The Hall–Kier alpha value is -3.82. The molecular formula is C19H17N3O7. The standard InChI is InChI=1S/C19H17N3O7/c1-2-29-19(24)17-9-12-5-3-4-6-13(12)11-20(17)18(23)14-7-15(21(25)26)10-16(8-14)22(27)28/h3-8,10,17H,2,9,11H2,1H3. The molecule has 150 valence electrons. The van der Waals surface area contributed by atoms with Crippen LogP contribution >= 0.6 is 0 Å². The van der Waals surface area contributed by atoms with Crippen LogP contribution in [0, 0.1) is 20.2 Å². The summed E-state index contributed by atoms with van der Waals surface area (Å²) in [6, 6.07) is 9.07. The number of nitro benzene ring substituents is 2. The molecule has 2 aromatic carbocycles. The summed E-state index contributed by atoms with van der Waals surface area (Å²) in [5.74, 6) is -1.32. The van der Waals surface area contributed by atoms with Gasteiger partial charge in [-0.2, -0.15) is 0 Å². The summed E-state index contributed by atoms with van der Waals surface area (Å²) in [5, 5.41) is 22.3. The summed E-state index contributed by atoms with van der Waals surface area (Å²) >= 11 is 0. The lowest BCUT2D eigenvalue weighted by molar-refractivity contribution is -0.394. The third-order valence-electron chi connectivity index (χ3n) is 4.64. The van der Waals surface area contributed by atoms with E-state index in [-0.39, 0.29) is 25.1 Å². The van der Waals surface area contributed by atoms with Gasteiger partial charge in [0.25, 0.3) is 17.3 Å². The van der Waals surface area contributed by atoms with Gasteiger partial charge in [-0.05, 0) is 18.1 Å². The molecule has 10 nitrogen and oxygen atoms in total. The number of ether oxygens (including phenoxy) is 1. The van der Waals surface area contributed by atoms with Gasteiger partial charge in [0.1, 0.15) is 6.04 Å². The SMILES string of the molecule is CCOC(=O)C1Cc2ccccc2CN1C(=O)c1cc([N+](=O)[O-])cc([N+](=O)[O-])c1. The quantitative estimate of drug-likeness (QED) is 0.429. The van der Waals surface area contributed by atoms with Crippen molar-refractivity contribution in [2.45, 2.75) is 25.9 Å². The lowest BCUT2D eigenvalue weighted by Crippen LogP contribution is -2.49. The second-order valence-corrected chi connectivity index (χ2v) is 6.43. The van der Waals surface area contributed by atoms with Crippen LogP contribution in [0.4, 0.5) is 11.4 Å². The number of hydrogen-bond donors (Lipinski definition) is 0. The lowest BCUT2D eigenvalue weighted by atomic mass is 9.93. The van der Waals surface area contributed by atoms with Crippen LogP contribution in [-0.4, -0.2) is 39.3 Å². The molecule has 0 aliphatic carbocycles. The van der Waals surface area contributed by atoms with Gasteiger partial charge >= 0.3 is 5.97 Å². The molecule has 1 aliphatic rings. The van der Waals surface area contributed by atoms with E-state index >= 15 is 0 Å². The zero-order chi connectivity index (χ0) is 21.1. The highest BCUT2D eigenvalue weighted by Gasteiger charge is 2.37. The zero-order valence-corrected chi connectivity index (χ0v) is 15.4. The fourth-order valence-corrected chi connectivity index (χ4v) is 3.28. The minimum atomic E-state index is -0.935. The third kappa shape index (κ3) is 4.05. The fraction of sp³-hybridized carbons (Fsp3) is 0.263. The van der Waals surface area contributed by atoms with Gasteiger partial charge in [0.15, 0.2) is 0 Å². The van der Waals surface area contributed by atoms with Gasteiger partial charge in [-0.3, -0.25) is 25.0 Å². The number of nitrogens with zero attached hydrogens (tertiary/aromatic N) is 3. The number of nitro groups is 2. The third-order valence-corrected chi connectivity index (χ3v) is 4.64. The molecule has 0 radical (unpaired) electrons. The number of non-ortho nitro benzene ring substituents is 2. The number of fused-ring (bicyclic) bond motifs is 1. The molecule has 0 N–H and O–H groups in total. The molecule has 1 amide bonds. The number of rotatable bonds is 5. The van der Waals surface area contributed by atoms with E-state index in [1.807, 2.05) is 18.2 Å². The van der Waals surface area contributed by atoms with Crippen molar-refractivity contribution >= 4 is 23.3 Å². The molecule has 0 spiro atoms. The molecular weight excluding hydrogens is 382 g/mol. The fourth-order valence-electron chi connectivity index (χ4n) is 3.28. The van der Waals surface area contributed by atoms with Crippen molar-refractivity contribution in [1.29, 1.82) is 0 Å². The molecule has 1 aliphatic heterocycles. The first-order chi connectivity index (χ1) is 13.8. The van der Waals surface area contributed by atoms with Crippen molar-refractivity contribution < 1.29 is 24.2 Å². The largest absolute Gasteiger partial charge is 0.464 e. The van der Waals surface area contributed by atoms with Gasteiger partial charge in [-0.15, -0.1) is 0 Å². The van der Waals surface area contributed by atoms with Gasteiger partial charge in [0.05, 0.1) is 28.1 Å².